The fourth-order valence-corrected chi connectivity index (χ4v) is 3.25. The minimum atomic E-state index is -0.484. The molecule has 0 aliphatic carbocycles. The predicted molar refractivity (Wildman–Crippen MR) is 107 cm³/mol. The van der Waals surface area contributed by atoms with Crippen LogP contribution in [0.15, 0.2) is 42.5 Å². The number of benzene rings is 2. The zero-order chi connectivity index (χ0) is 20.3. The van der Waals surface area contributed by atoms with Crippen LogP contribution in [0.25, 0.3) is 0 Å². The average Bonchev–Trinajstić information content (AvgIpc) is 3.05. The third kappa shape index (κ3) is 4.74. The minimum Gasteiger partial charge on any atom is -0.484 e. The Balaban J connectivity index is 1.55. The summed E-state index contributed by atoms with van der Waals surface area (Å²) >= 11 is 11.8. The molecule has 1 fully saturated rings. The van der Waals surface area contributed by atoms with Crippen LogP contribution < -0.4 is 20.7 Å². The van der Waals surface area contributed by atoms with Crippen molar-refractivity contribution in [1.82, 2.24) is 0 Å². The van der Waals surface area contributed by atoms with Gasteiger partial charge in [0.2, 0.25) is 11.8 Å². The largest absolute Gasteiger partial charge is 0.484 e. The smallest absolute Gasteiger partial charge is 0.262 e. The second kappa shape index (κ2) is 8.50. The molecule has 1 atom stereocenters. The summed E-state index contributed by atoms with van der Waals surface area (Å²) in [5, 5.41) is 3.43. The van der Waals surface area contributed by atoms with E-state index in [2.05, 4.69) is 5.32 Å². The number of nitrogens with two attached hydrogens (primary N) is 1. The first-order valence-electron chi connectivity index (χ1n) is 8.41. The highest BCUT2D eigenvalue weighted by Gasteiger charge is 2.33. The highest BCUT2D eigenvalue weighted by Crippen LogP contribution is 2.27. The number of carbonyl (C=O) groups is 3. The number of anilines is 2. The van der Waals surface area contributed by atoms with Crippen LogP contribution in [0.2, 0.25) is 10.0 Å². The van der Waals surface area contributed by atoms with E-state index in [0.717, 1.165) is 0 Å². The van der Waals surface area contributed by atoms with Crippen LogP contribution >= 0.6 is 23.2 Å². The van der Waals surface area contributed by atoms with Gasteiger partial charge in [0.1, 0.15) is 5.75 Å². The molecule has 0 spiro atoms. The van der Waals surface area contributed by atoms with Gasteiger partial charge >= 0.3 is 0 Å². The lowest BCUT2D eigenvalue weighted by molar-refractivity contribution is -0.123. The molecule has 3 N–H and O–H groups in total. The van der Waals surface area contributed by atoms with Gasteiger partial charge in [-0.25, -0.2) is 0 Å². The molecule has 1 aliphatic rings. The second-order valence-corrected chi connectivity index (χ2v) is 7.11. The van der Waals surface area contributed by atoms with E-state index in [1.165, 1.54) is 11.0 Å². The minimum absolute atomic E-state index is 0.112. The molecule has 1 saturated heterocycles. The molecule has 7 nitrogen and oxygen atoms in total. The van der Waals surface area contributed by atoms with E-state index in [-0.39, 0.29) is 31.4 Å². The summed E-state index contributed by atoms with van der Waals surface area (Å²) in [4.78, 5) is 36.8. The molecule has 9 heteroatoms. The molecule has 1 aliphatic heterocycles. The Morgan fingerprint density at radius 2 is 1.89 bits per heavy atom. The van der Waals surface area contributed by atoms with E-state index in [1.54, 1.807) is 36.4 Å². The first kappa shape index (κ1) is 20.0. The topological polar surface area (TPSA) is 102 Å². The summed E-state index contributed by atoms with van der Waals surface area (Å²) in [5.74, 6) is -1.04. The van der Waals surface area contributed by atoms with Gasteiger partial charge in [-0.2, -0.15) is 0 Å². The highest BCUT2D eigenvalue weighted by molar-refractivity contribution is 6.36. The number of amides is 3. The number of hydrogen-bond donors (Lipinski definition) is 2. The predicted octanol–water partition coefficient (Wildman–Crippen LogP) is 2.85. The Hall–Kier alpha value is -2.77. The molecule has 146 valence electrons. The summed E-state index contributed by atoms with van der Waals surface area (Å²) in [7, 11) is 0. The van der Waals surface area contributed by atoms with Gasteiger partial charge in [-0.05, 0) is 42.5 Å². The van der Waals surface area contributed by atoms with Crippen molar-refractivity contribution in [2.45, 2.75) is 6.42 Å². The van der Waals surface area contributed by atoms with Gasteiger partial charge in [0.15, 0.2) is 6.61 Å². The van der Waals surface area contributed by atoms with Gasteiger partial charge in [0.05, 0.1) is 16.6 Å². The lowest BCUT2D eigenvalue weighted by atomic mass is 10.1. The first-order chi connectivity index (χ1) is 13.3. The third-order valence-electron chi connectivity index (χ3n) is 4.25. The molecule has 0 bridgehead atoms. The Bertz CT molecular complexity index is 918. The molecule has 3 rings (SSSR count). The van der Waals surface area contributed by atoms with Crippen molar-refractivity contribution in [3.63, 3.8) is 0 Å². The number of nitrogens with zero attached hydrogens (tertiary/aromatic N) is 1. The zero-order valence-electron chi connectivity index (χ0n) is 14.7. The highest BCUT2D eigenvalue weighted by atomic mass is 35.5. The maximum absolute atomic E-state index is 12.0. The number of rotatable bonds is 6. The molecular formula is C19H17Cl2N3O4. The zero-order valence-corrected chi connectivity index (χ0v) is 16.2. The summed E-state index contributed by atoms with van der Waals surface area (Å²) in [6, 6.07) is 11.4. The summed E-state index contributed by atoms with van der Waals surface area (Å²) < 4.78 is 5.45. The van der Waals surface area contributed by atoms with Crippen LogP contribution in [0.3, 0.4) is 0 Å². The van der Waals surface area contributed by atoms with Crippen LogP contribution in [0.5, 0.6) is 5.75 Å². The van der Waals surface area contributed by atoms with Gasteiger partial charge in [0.25, 0.3) is 5.91 Å². The Kier molecular flexibility index (Phi) is 6.06. The van der Waals surface area contributed by atoms with E-state index in [9.17, 15) is 14.4 Å². The van der Waals surface area contributed by atoms with Gasteiger partial charge in [-0.3, -0.25) is 14.4 Å². The second-order valence-electron chi connectivity index (χ2n) is 6.26. The van der Waals surface area contributed by atoms with Crippen molar-refractivity contribution in [2.75, 3.05) is 23.4 Å². The van der Waals surface area contributed by atoms with Crippen molar-refractivity contribution in [2.24, 2.45) is 11.7 Å². The van der Waals surface area contributed by atoms with Crippen LogP contribution in [-0.2, 0) is 14.4 Å². The van der Waals surface area contributed by atoms with Crippen LogP contribution in [-0.4, -0.2) is 30.9 Å². The Morgan fingerprint density at radius 1 is 1.18 bits per heavy atom. The monoisotopic (exact) mass is 421 g/mol. The maximum Gasteiger partial charge on any atom is 0.262 e. The molecule has 0 unspecified atom stereocenters. The molecule has 28 heavy (non-hydrogen) atoms. The van der Waals surface area contributed by atoms with Gasteiger partial charge in [-0.15, -0.1) is 0 Å². The summed E-state index contributed by atoms with van der Waals surface area (Å²) in [5.41, 5.74) is 6.35. The Labute approximate surface area is 171 Å². The SMILES string of the molecule is NC(=O)[C@H]1CC(=O)N(c2ccc(OCC(=O)Nc3ccc(Cl)cc3Cl)cc2)C1. The Morgan fingerprint density at radius 3 is 2.50 bits per heavy atom. The van der Waals surface area contributed by atoms with Crippen molar-refractivity contribution in [1.29, 1.82) is 0 Å². The van der Waals surface area contributed by atoms with Gasteiger partial charge < -0.3 is 20.7 Å². The van der Waals surface area contributed by atoms with E-state index in [1.807, 2.05) is 0 Å². The number of nitrogens with one attached hydrogen (secondary N) is 1. The number of ether oxygens (including phenoxy) is 1. The van der Waals surface area contributed by atoms with Crippen LogP contribution in [0.4, 0.5) is 11.4 Å². The van der Waals surface area contributed by atoms with Crippen LogP contribution in [0.1, 0.15) is 6.42 Å². The van der Waals surface area contributed by atoms with Gasteiger partial charge in [0, 0.05) is 23.7 Å². The van der Waals surface area contributed by atoms with E-state index in [4.69, 9.17) is 33.7 Å². The van der Waals surface area contributed by atoms with Gasteiger partial charge in [-0.1, -0.05) is 23.2 Å². The van der Waals surface area contributed by atoms with E-state index >= 15 is 0 Å². The number of primary amides is 1. The molecule has 0 aromatic heterocycles. The molecule has 2 aromatic carbocycles. The van der Waals surface area contributed by atoms with Crippen LogP contribution in [0, 0.1) is 5.92 Å². The number of carbonyl (C=O) groups excluding carboxylic acids is 3. The summed E-state index contributed by atoms with van der Waals surface area (Å²) in [6.45, 7) is 0.0450. The standard InChI is InChI=1S/C19H17Cl2N3O4/c20-12-1-6-16(15(21)8-12)23-17(25)10-28-14-4-2-13(3-5-14)24-9-11(19(22)27)7-18(24)26/h1-6,8,11H,7,9-10H2,(H2,22,27)(H,23,25)/t11-/m0/s1. The van der Waals surface area contributed by atoms with Crippen molar-refractivity contribution in [3.8, 4) is 5.75 Å². The first-order valence-corrected chi connectivity index (χ1v) is 9.16. The molecule has 0 saturated carbocycles. The lowest BCUT2D eigenvalue weighted by Gasteiger charge is -2.16. The fraction of sp³-hybridized carbons (Fsp3) is 0.211. The van der Waals surface area contributed by atoms with Crippen molar-refractivity contribution < 1.29 is 19.1 Å². The number of hydrogen-bond acceptors (Lipinski definition) is 4. The third-order valence-corrected chi connectivity index (χ3v) is 4.80. The van der Waals surface area contributed by atoms with Crippen molar-refractivity contribution in [3.05, 3.63) is 52.5 Å². The fourth-order valence-electron chi connectivity index (χ4n) is 2.80. The van der Waals surface area contributed by atoms with E-state index < -0.39 is 11.8 Å². The maximum atomic E-state index is 12.0. The molecule has 1 heterocycles. The molecule has 3 amide bonds. The molecular weight excluding hydrogens is 405 g/mol. The quantitative estimate of drug-likeness (QED) is 0.748. The molecule has 0 radical (unpaired) electrons. The normalized spacial score (nSPS) is 16.1. The lowest BCUT2D eigenvalue weighted by Crippen LogP contribution is -2.28. The average molecular weight is 422 g/mol. The summed E-state index contributed by atoms with van der Waals surface area (Å²) in [6.07, 6.45) is 0.112. The molecule has 2 aromatic rings. The number of halogens is 2. The van der Waals surface area contributed by atoms with Crippen molar-refractivity contribution >= 4 is 52.3 Å². The van der Waals surface area contributed by atoms with E-state index in [0.29, 0.717) is 27.2 Å².